The fourth-order valence-electron chi connectivity index (χ4n) is 2.53. The lowest BCUT2D eigenvalue weighted by molar-refractivity contribution is 0.0922. The van der Waals surface area contributed by atoms with E-state index in [4.69, 9.17) is 4.74 Å². The second-order valence-corrected chi connectivity index (χ2v) is 5.63. The van der Waals surface area contributed by atoms with Crippen molar-refractivity contribution in [2.24, 2.45) is 0 Å². The summed E-state index contributed by atoms with van der Waals surface area (Å²) in [4.78, 5) is 25.7. The Hall–Kier alpha value is -2.15. The normalized spacial score (nSPS) is 14.3. The van der Waals surface area contributed by atoms with Gasteiger partial charge in [0.15, 0.2) is 0 Å². The number of ether oxygens (including phenoxy) is 1. The van der Waals surface area contributed by atoms with Crippen LogP contribution in [0, 0.1) is 5.82 Å². The molecule has 1 aromatic rings. The predicted octanol–water partition coefficient (Wildman–Crippen LogP) is 2.61. The summed E-state index contributed by atoms with van der Waals surface area (Å²) >= 11 is 0. The van der Waals surface area contributed by atoms with Crippen LogP contribution in [0.4, 0.5) is 14.9 Å². The number of hydrogen-bond donors (Lipinski definition) is 2. The van der Waals surface area contributed by atoms with Crippen molar-refractivity contribution in [2.45, 2.75) is 26.2 Å². The maximum absolute atomic E-state index is 14.1. The molecule has 2 N–H and O–H groups in total. The van der Waals surface area contributed by atoms with Gasteiger partial charge in [0.25, 0.3) is 5.91 Å². The molecule has 1 saturated heterocycles. The Morgan fingerprint density at radius 1 is 1.25 bits per heavy atom. The first kappa shape index (κ1) is 18.2. The van der Waals surface area contributed by atoms with Crippen molar-refractivity contribution in [3.8, 4) is 0 Å². The minimum atomic E-state index is -0.627. The molecule has 1 fully saturated rings. The molecule has 0 unspecified atom stereocenters. The zero-order valence-corrected chi connectivity index (χ0v) is 13.9. The summed E-state index contributed by atoms with van der Waals surface area (Å²) in [5.74, 6) is -1.000. The molecular formula is C17H24FN3O3. The first-order chi connectivity index (χ1) is 11.6. The van der Waals surface area contributed by atoms with Crippen molar-refractivity contribution in [2.75, 3.05) is 38.2 Å². The van der Waals surface area contributed by atoms with Gasteiger partial charge in [-0.25, -0.2) is 9.18 Å². The lowest BCUT2D eigenvalue weighted by atomic mass is 10.1. The number of anilines is 1. The van der Waals surface area contributed by atoms with E-state index in [1.807, 2.05) is 6.92 Å². The number of benzene rings is 1. The fraction of sp³-hybridized carbons (Fsp3) is 0.529. The lowest BCUT2D eigenvalue weighted by Gasteiger charge is -2.26. The number of urea groups is 1. The molecule has 0 aromatic heterocycles. The molecule has 6 nitrogen and oxygen atoms in total. The van der Waals surface area contributed by atoms with Crippen LogP contribution >= 0.6 is 0 Å². The first-order valence-electron chi connectivity index (χ1n) is 8.33. The van der Waals surface area contributed by atoms with Crippen molar-refractivity contribution in [1.82, 2.24) is 10.2 Å². The maximum atomic E-state index is 14.1. The van der Waals surface area contributed by atoms with Crippen molar-refractivity contribution in [3.05, 3.63) is 29.6 Å². The molecule has 1 heterocycles. The van der Waals surface area contributed by atoms with Crippen LogP contribution in [0.2, 0.25) is 0 Å². The van der Waals surface area contributed by atoms with Gasteiger partial charge in [-0.3, -0.25) is 4.79 Å². The molecule has 1 aromatic carbocycles. The van der Waals surface area contributed by atoms with Gasteiger partial charge in [-0.05, 0) is 44.4 Å². The summed E-state index contributed by atoms with van der Waals surface area (Å²) in [6.07, 6.45) is 3.05. The van der Waals surface area contributed by atoms with Crippen LogP contribution in [0.1, 0.15) is 36.5 Å². The van der Waals surface area contributed by atoms with E-state index in [-0.39, 0.29) is 23.2 Å². The molecule has 0 radical (unpaired) electrons. The number of likely N-dealkylation sites (tertiary alicyclic amines) is 1. The van der Waals surface area contributed by atoms with Gasteiger partial charge in [-0.15, -0.1) is 0 Å². The molecule has 0 saturated carbocycles. The van der Waals surface area contributed by atoms with E-state index in [1.165, 1.54) is 12.1 Å². The zero-order valence-electron chi connectivity index (χ0n) is 13.9. The molecule has 24 heavy (non-hydrogen) atoms. The Morgan fingerprint density at radius 3 is 2.67 bits per heavy atom. The van der Waals surface area contributed by atoms with Gasteiger partial charge in [-0.2, -0.15) is 0 Å². The summed E-state index contributed by atoms with van der Waals surface area (Å²) in [5, 5.41) is 5.21. The predicted molar refractivity (Wildman–Crippen MR) is 89.7 cm³/mol. The Balaban J connectivity index is 1.91. The highest BCUT2D eigenvalue weighted by Gasteiger charge is 2.18. The number of carbonyl (C=O) groups excluding carboxylic acids is 2. The molecule has 1 aliphatic heterocycles. The van der Waals surface area contributed by atoms with Crippen LogP contribution in [0.25, 0.3) is 0 Å². The largest absolute Gasteiger partial charge is 0.380 e. The average Bonchev–Trinajstić information content (AvgIpc) is 2.61. The van der Waals surface area contributed by atoms with Crippen molar-refractivity contribution < 1.29 is 18.7 Å². The topological polar surface area (TPSA) is 70.7 Å². The fourth-order valence-corrected chi connectivity index (χ4v) is 2.53. The van der Waals surface area contributed by atoms with Crippen molar-refractivity contribution in [3.63, 3.8) is 0 Å². The van der Waals surface area contributed by atoms with E-state index < -0.39 is 5.82 Å². The molecule has 2 rings (SSSR count). The van der Waals surface area contributed by atoms with Crippen LogP contribution in [-0.2, 0) is 4.74 Å². The lowest BCUT2D eigenvalue weighted by Crippen LogP contribution is -2.38. The van der Waals surface area contributed by atoms with E-state index in [1.54, 1.807) is 4.90 Å². The van der Waals surface area contributed by atoms with Crippen LogP contribution < -0.4 is 10.6 Å². The SMILES string of the molecule is CCOCCNC(=O)c1ccc(NC(=O)N2CCCCC2)c(F)c1. The van der Waals surface area contributed by atoms with E-state index in [0.717, 1.165) is 25.3 Å². The van der Waals surface area contributed by atoms with Crippen LogP contribution in [0.15, 0.2) is 18.2 Å². The highest BCUT2D eigenvalue weighted by Crippen LogP contribution is 2.17. The Kier molecular flexibility index (Phi) is 6.99. The van der Waals surface area contributed by atoms with Gasteiger partial charge in [0.05, 0.1) is 12.3 Å². The smallest absolute Gasteiger partial charge is 0.321 e. The van der Waals surface area contributed by atoms with E-state index in [9.17, 15) is 14.0 Å². The van der Waals surface area contributed by atoms with Gasteiger partial charge in [0.1, 0.15) is 5.82 Å². The number of rotatable bonds is 6. The maximum Gasteiger partial charge on any atom is 0.321 e. The molecule has 1 aliphatic rings. The van der Waals surface area contributed by atoms with E-state index >= 15 is 0 Å². The third kappa shape index (κ3) is 5.19. The number of nitrogens with zero attached hydrogens (tertiary/aromatic N) is 1. The van der Waals surface area contributed by atoms with Crippen LogP contribution in [0.3, 0.4) is 0 Å². The number of carbonyl (C=O) groups is 2. The average molecular weight is 337 g/mol. The molecule has 0 atom stereocenters. The number of halogens is 1. The molecular weight excluding hydrogens is 313 g/mol. The Morgan fingerprint density at radius 2 is 2.00 bits per heavy atom. The van der Waals surface area contributed by atoms with Gasteiger partial charge >= 0.3 is 6.03 Å². The Labute approximate surface area is 141 Å². The number of hydrogen-bond acceptors (Lipinski definition) is 3. The second-order valence-electron chi connectivity index (χ2n) is 5.63. The van der Waals surface area contributed by atoms with E-state index in [2.05, 4.69) is 10.6 Å². The number of amides is 3. The molecule has 7 heteroatoms. The number of piperidine rings is 1. The highest BCUT2D eigenvalue weighted by molar-refractivity contribution is 5.95. The third-order valence-corrected chi connectivity index (χ3v) is 3.85. The molecule has 0 aliphatic carbocycles. The van der Waals surface area contributed by atoms with Crippen molar-refractivity contribution in [1.29, 1.82) is 0 Å². The zero-order chi connectivity index (χ0) is 17.4. The van der Waals surface area contributed by atoms with Gasteiger partial charge in [0, 0.05) is 31.8 Å². The highest BCUT2D eigenvalue weighted by atomic mass is 19.1. The standard InChI is InChI=1S/C17H24FN3O3/c1-2-24-11-8-19-16(22)13-6-7-15(14(18)12-13)20-17(23)21-9-4-3-5-10-21/h6-7,12H,2-5,8-11H2,1H3,(H,19,22)(H,20,23). The van der Waals surface area contributed by atoms with Gasteiger partial charge < -0.3 is 20.3 Å². The minimum Gasteiger partial charge on any atom is -0.380 e. The molecule has 0 bridgehead atoms. The van der Waals surface area contributed by atoms with Crippen LogP contribution in [-0.4, -0.2) is 49.7 Å². The molecule has 132 valence electrons. The minimum absolute atomic E-state index is 0.0800. The summed E-state index contributed by atoms with van der Waals surface area (Å²) < 4.78 is 19.3. The van der Waals surface area contributed by atoms with Crippen LogP contribution in [0.5, 0.6) is 0 Å². The summed E-state index contributed by atoms with van der Waals surface area (Å²) in [6.45, 7) is 4.60. The molecule has 0 spiro atoms. The summed E-state index contributed by atoms with van der Waals surface area (Å²) in [6, 6.07) is 3.73. The first-order valence-corrected chi connectivity index (χ1v) is 8.33. The Bertz CT molecular complexity index is 574. The summed E-state index contributed by atoms with van der Waals surface area (Å²) in [7, 11) is 0. The second kappa shape index (κ2) is 9.22. The van der Waals surface area contributed by atoms with E-state index in [0.29, 0.717) is 32.8 Å². The third-order valence-electron chi connectivity index (χ3n) is 3.85. The quantitative estimate of drug-likeness (QED) is 0.784. The van der Waals surface area contributed by atoms with Gasteiger partial charge in [-0.1, -0.05) is 0 Å². The van der Waals surface area contributed by atoms with Gasteiger partial charge in [0.2, 0.25) is 0 Å². The monoisotopic (exact) mass is 337 g/mol. The molecule has 3 amide bonds. The summed E-state index contributed by atoms with van der Waals surface area (Å²) in [5.41, 5.74) is 0.288. The van der Waals surface area contributed by atoms with Crippen molar-refractivity contribution >= 4 is 17.6 Å². The number of nitrogens with one attached hydrogen (secondary N) is 2.